The fourth-order valence-electron chi connectivity index (χ4n) is 2.63. The van der Waals surface area contributed by atoms with E-state index >= 15 is 0 Å². The molecule has 5 heteroatoms. The van der Waals surface area contributed by atoms with Gasteiger partial charge < -0.3 is 4.42 Å². The predicted octanol–water partition coefficient (Wildman–Crippen LogP) is 4.14. The molecule has 0 N–H and O–H groups in total. The maximum Gasteiger partial charge on any atom is 0.345 e. The van der Waals surface area contributed by atoms with E-state index in [1.54, 1.807) is 5.38 Å². The van der Waals surface area contributed by atoms with Gasteiger partial charge in [-0.05, 0) is 22.9 Å². The monoisotopic (exact) mass is 318 g/mol. The average Bonchev–Trinajstić information content (AvgIpc) is 3.03. The number of hydrogen-bond acceptors (Lipinski definition) is 5. The van der Waals surface area contributed by atoms with Gasteiger partial charge >= 0.3 is 5.63 Å². The predicted molar refractivity (Wildman–Crippen MR) is 90.4 cm³/mol. The van der Waals surface area contributed by atoms with Gasteiger partial charge in [0.2, 0.25) is 0 Å². The molecule has 4 aromatic rings. The summed E-state index contributed by atoms with van der Waals surface area (Å²) >= 11 is 1.37. The second-order valence-corrected chi connectivity index (χ2v) is 6.05. The third kappa shape index (κ3) is 2.30. The highest BCUT2D eigenvalue weighted by Crippen LogP contribution is 2.28. The number of fused-ring (bicyclic) bond motifs is 3. The molecule has 4 rings (SSSR count). The number of nitriles is 1. The van der Waals surface area contributed by atoms with E-state index in [1.165, 1.54) is 11.3 Å². The first kappa shape index (κ1) is 13.7. The third-order valence-electron chi connectivity index (χ3n) is 3.70. The Balaban J connectivity index is 1.99. The van der Waals surface area contributed by atoms with E-state index in [-0.39, 0.29) is 6.42 Å². The fraction of sp³-hybridized carbons (Fsp3) is 0.0556. The Morgan fingerprint density at radius 2 is 2.04 bits per heavy atom. The minimum absolute atomic E-state index is 0.243. The van der Waals surface area contributed by atoms with Crippen molar-refractivity contribution in [2.24, 2.45) is 0 Å². The van der Waals surface area contributed by atoms with Gasteiger partial charge in [-0.25, -0.2) is 9.78 Å². The third-order valence-corrected chi connectivity index (χ3v) is 4.55. The van der Waals surface area contributed by atoms with Crippen molar-refractivity contribution >= 4 is 33.1 Å². The molecule has 4 nitrogen and oxygen atoms in total. The molecule has 0 spiro atoms. The van der Waals surface area contributed by atoms with Crippen LogP contribution in [0.15, 0.2) is 57.1 Å². The molecular weight excluding hydrogens is 308 g/mol. The Bertz CT molecular complexity index is 1140. The first-order valence-electron chi connectivity index (χ1n) is 7.03. The maximum absolute atomic E-state index is 12.3. The number of aromatic nitrogens is 1. The molecule has 0 radical (unpaired) electrons. The topological polar surface area (TPSA) is 66.9 Å². The first-order valence-corrected chi connectivity index (χ1v) is 7.91. The van der Waals surface area contributed by atoms with Crippen molar-refractivity contribution in [1.29, 1.82) is 5.26 Å². The molecule has 2 aromatic heterocycles. The summed E-state index contributed by atoms with van der Waals surface area (Å²) in [5, 5.41) is 14.2. The van der Waals surface area contributed by atoms with Crippen molar-refractivity contribution in [2.45, 2.75) is 6.42 Å². The van der Waals surface area contributed by atoms with Gasteiger partial charge in [0.1, 0.15) is 10.6 Å². The molecule has 0 saturated heterocycles. The van der Waals surface area contributed by atoms with Gasteiger partial charge in [-0.1, -0.05) is 30.3 Å². The highest BCUT2D eigenvalue weighted by atomic mass is 32.1. The van der Waals surface area contributed by atoms with Crippen LogP contribution in [0.4, 0.5) is 0 Å². The van der Waals surface area contributed by atoms with E-state index in [2.05, 4.69) is 11.1 Å². The van der Waals surface area contributed by atoms with Crippen molar-refractivity contribution in [3.05, 3.63) is 63.3 Å². The van der Waals surface area contributed by atoms with Crippen LogP contribution in [0.2, 0.25) is 0 Å². The smallest absolute Gasteiger partial charge is 0.345 e. The molecule has 110 valence electrons. The Morgan fingerprint density at radius 1 is 1.17 bits per heavy atom. The van der Waals surface area contributed by atoms with E-state index in [4.69, 9.17) is 9.68 Å². The summed E-state index contributed by atoms with van der Waals surface area (Å²) in [6.45, 7) is 0. The lowest BCUT2D eigenvalue weighted by Crippen LogP contribution is -2.03. The normalized spacial score (nSPS) is 10.9. The number of rotatable bonds is 2. The summed E-state index contributed by atoms with van der Waals surface area (Å²) in [5.74, 6) is 0. The van der Waals surface area contributed by atoms with E-state index < -0.39 is 5.63 Å². The summed E-state index contributed by atoms with van der Waals surface area (Å²) in [7, 11) is 0. The van der Waals surface area contributed by atoms with Gasteiger partial charge in [-0.2, -0.15) is 5.26 Å². The first-order chi connectivity index (χ1) is 11.3. The lowest BCUT2D eigenvalue weighted by atomic mass is 10.0. The molecule has 2 heterocycles. The molecule has 0 unspecified atom stereocenters. The second-order valence-electron chi connectivity index (χ2n) is 5.11. The molecule has 0 aliphatic heterocycles. The van der Waals surface area contributed by atoms with Crippen LogP contribution >= 0.6 is 11.3 Å². The lowest BCUT2D eigenvalue weighted by Gasteiger charge is -2.04. The van der Waals surface area contributed by atoms with Crippen LogP contribution in [0, 0.1) is 11.3 Å². The summed E-state index contributed by atoms with van der Waals surface area (Å²) in [6.07, 6.45) is 0.243. The summed E-state index contributed by atoms with van der Waals surface area (Å²) in [4.78, 5) is 16.6. The number of thiazole rings is 1. The molecular formula is C18H10N2O2S. The van der Waals surface area contributed by atoms with Crippen molar-refractivity contribution in [3.8, 4) is 17.3 Å². The van der Waals surface area contributed by atoms with Crippen LogP contribution in [0.1, 0.15) is 5.01 Å². The highest BCUT2D eigenvalue weighted by Gasteiger charge is 2.13. The van der Waals surface area contributed by atoms with E-state index in [0.29, 0.717) is 21.8 Å². The van der Waals surface area contributed by atoms with Crippen LogP contribution in [0.3, 0.4) is 0 Å². The number of nitrogens with zero attached hydrogens (tertiary/aromatic N) is 2. The van der Waals surface area contributed by atoms with Crippen LogP contribution < -0.4 is 5.63 Å². The molecule has 0 atom stereocenters. The van der Waals surface area contributed by atoms with E-state index in [0.717, 1.165) is 16.2 Å². The van der Waals surface area contributed by atoms with Gasteiger partial charge in [-0.3, -0.25) is 0 Å². The summed E-state index contributed by atoms with van der Waals surface area (Å²) in [6, 6.07) is 15.6. The van der Waals surface area contributed by atoms with Crippen molar-refractivity contribution in [1.82, 2.24) is 4.98 Å². The Labute approximate surface area is 135 Å². The highest BCUT2D eigenvalue weighted by molar-refractivity contribution is 7.10. The molecule has 23 heavy (non-hydrogen) atoms. The Hall–Kier alpha value is -2.97. The van der Waals surface area contributed by atoms with Crippen LogP contribution in [0.5, 0.6) is 0 Å². The SMILES string of the molecule is N#CCc1nc(-c2cc3c(ccc4ccccc43)oc2=O)cs1. The quantitative estimate of drug-likeness (QED) is 0.411. The summed E-state index contributed by atoms with van der Waals surface area (Å²) in [5.41, 5.74) is 1.13. The Kier molecular flexibility index (Phi) is 3.18. The zero-order valence-electron chi connectivity index (χ0n) is 11.9. The van der Waals surface area contributed by atoms with E-state index in [1.807, 2.05) is 42.5 Å². The molecule has 0 bridgehead atoms. The van der Waals surface area contributed by atoms with Gasteiger partial charge in [0.15, 0.2) is 0 Å². The number of hydrogen-bond donors (Lipinski definition) is 0. The maximum atomic E-state index is 12.3. The largest absolute Gasteiger partial charge is 0.422 e. The van der Waals surface area contributed by atoms with Gasteiger partial charge in [0, 0.05) is 10.8 Å². The zero-order valence-corrected chi connectivity index (χ0v) is 12.8. The number of benzene rings is 2. The van der Waals surface area contributed by atoms with Crippen molar-refractivity contribution in [3.63, 3.8) is 0 Å². The molecule has 2 aromatic carbocycles. The molecule has 0 fully saturated rings. The lowest BCUT2D eigenvalue weighted by molar-refractivity contribution is 0.563. The summed E-state index contributed by atoms with van der Waals surface area (Å²) < 4.78 is 5.47. The zero-order chi connectivity index (χ0) is 15.8. The molecule has 0 aliphatic carbocycles. The van der Waals surface area contributed by atoms with Crippen molar-refractivity contribution < 1.29 is 4.42 Å². The van der Waals surface area contributed by atoms with Gasteiger partial charge in [0.05, 0.1) is 23.7 Å². The molecule has 0 aliphatic rings. The van der Waals surface area contributed by atoms with E-state index in [9.17, 15) is 4.79 Å². The van der Waals surface area contributed by atoms with Gasteiger partial charge in [0.25, 0.3) is 0 Å². The standard InChI is InChI=1S/C18H10N2O2S/c19-8-7-17-20-15(10-23-17)14-9-13-12-4-2-1-3-11(12)5-6-16(13)22-18(14)21/h1-6,9-10H,7H2. The second kappa shape index (κ2) is 5.34. The van der Waals surface area contributed by atoms with Gasteiger partial charge in [-0.15, -0.1) is 11.3 Å². The minimum Gasteiger partial charge on any atom is -0.422 e. The molecule has 0 amide bonds. The molecule has 0 saturated carbocycles. The van der Waals surface area contributed by atoms with Crippen LogP contribution in [0.25, 0.3) is 33.0 Å². The van der Waals surface area contributed by atoms with Crippen LogP contribution in [-0.4, -0.2) is 4.98 Å². The van der Waals surface area contributed by atoms with Crippen LogP contribution in [-0.2, 0) is 6.42 Å². The minimum atomic E-state index is -0.415. The average molecular weight is 318 g/mol. The fourth-order valence-corrected chi connectivity index (χ4v) is 3.36. The Morgan fingerprint density at radius 3 is 2.91 bits per heavy atom. The van der Waals surface area contributed by atoms with Crippen molar-refractivity contribution in [2.75, 3.05) is 0 Å².